The minimum absolute atomic E-state index is 0.492. The molecule has 1 N–H and O–H groups in total. The van der Waals surface area contributed by atoms with Crippen molar-refractivity contribution in [2.75, 3.05) is 19.7 Å². The zero-order chi connectivity index (χ0) is 9.10. The van der Waals surface area contributed by atoms with Crippen LogP contribution in [-0.2, 0) is 7.05 Å². The van der Waals surface area contributed by atoms with Crippen LogP contribution < -0.4 is 10.1 Å². The highest BCUT2D eigenvalue weighted by molar-refractivity contribution is 4.86. The molecule has 0 amide bonds. The van der Waals surface area contributed by atoms with Gasteiger partial charge in [0.15, 0.2) is 0 Å². The summed E-state index contributed by atoms with van der Waals surface area (Å²) in [6.45, 7) is 2.82. The van der Waals surface area contributed by atoms with Crippen molar-refractivity contribution in [2.24, 2.45) is 13.0 Å². The molecular weight excluding hydrogens is 170 g/mol. The molecule has 6 nitrogen and oxygen atoms in total. The molecule has 0 radical (unpaired) electrons. The molecule has 1 atom stereocenters. The molecule has 2 rings (SSSR count). The third kappa shape index (κ3) is 1.95. The Kier molecular flexibility index (Phi) is 2.40. The Morgan fingerprint density at radius 3 is 3.23 bits per heavy atom. The maximum atomic E-state index is 5.45. The number of aromatic nitrogens is 4. The Morgan fingerprint density at radius 2 is 2.62 bits per heavy atom. The molecule has 0 spiro atoms. The van der Waals surface area contributed by atoms with Crippen LogP contribution in [0.3, 0.4) is 0 Å². The van der Waals surface area contributed by atoms with Crippen LogP contribution in [-0.4, -0.2) is 39.9 Å². The van der Waals surface area contributed by atoms with Crippen LogP contribution >= 0.6 is 0 Å². The Balaban J connectivity index is 1.82. The first kappa shape index (κ1) is 8.43. The molecule has 1 aliphatic rings. The van der Waals surface area contributed by atoms with Gasteiger partial charge in [-0.05, 0) is 23.4 Å². The van der Waals surface area contributed by atoms with Gasteiger partial charge in [-0.15, -0.1) is 0 Å². The van der Waals surface area contributed by atoms with Crippen LogP contribution in [0.2, 0.25) is 0 Å². The van der Waals surface area contributed by atoms with E-state index in [2.05, 4.69) is 20.8 Å². The fraction of sp³-hybridized carbons (Fsp3) is 0.857. The second kappa shape index (κ2) is 3.69. The molecule has 2 heterocycles. The number of hydrogen-bond acceptors (Lipinski definition) is 5. The summed E-state index contributed by atoms with van der Waals surface area (Å²) in [6.07, 6.45) is 1.17. The van der Waals surface area contributed by atoms with Gasteiger partial charge in [0.25, 0.3) is 0 Å². The smallest absolute Gasteiger partial charge is 0.335 e. The molecular formula is C7H13N5O. The van der Waals surface area contributed by atoms with Crippen molar-refractivity contribution in [3.8, 4) is 6.01 Å². The Hall–Kier alpha value is -1.17. The summed E-state index contributed by atoms with van der Waals surface area (Å²) in [6, 6.07) is 0.492. The second-order valence-corrected chi connectivity index (χ2v) is 3.25. The molecule has 0 bridgehead atoms. The number of hydrogen-bond donors (Lipinski definition) is 1. The van der Waals surface area contributed by atoms with Gasteiger partial charge in [-0.2, -0.15) is 4.68 Å². The molecule has 1 saturated heterocycles. The van der Waals surface area contributed by atoms with Crippen LogP contribution in [0.1, 0.15) is 6.42 Å². The summed E-state index contributed by atoms with van der Waals surface area (Å²) >= 11 is 0. The van der Waals surface area contributed by atoms with Crippen molar-refractivity contribution in [3.63, 3.8) is 0 Å². The third-order valence-electron chi connectivity index (χ3n) is 2.19. The summed E-state index contributed by atoms with van der Waals surface area (Å²) < 4.78 is 6.98. The Morgan fingerprint density at radius 1 is 1.69 bits per heavy atom. The van der Waals surface area contributed by atoms with Crippen molar-refractivity contribution in [3.05, 3.63) is 0 Å². The van der Waals surface area contributed by atoms with E-state index in [1.165, 1.54) is 11.1 Å². The predicted octanol–water partition coefficient (Wildman–Crippen LogP) is -0.802. The largest absolute Gasteiger partial charge is 0.462 e. The van der Waals surface area contributed by atoms with Gasteiger partial charge in [0, 0.05) is 19.5 Å². The molecule has 1 aliphatic heterocycles. The lowest BCUT2D eigenvalue weighted by Crippen LogP contribution is -2.16. The van der Waals surface area contributed by atoms with Crippen LogP contribution in [0, 0.1) is 5.92 Å². The van der Waals surface area contributed by atoms with E-state index in [1.54, 1.807) is 7.05 Å². The van der Waals surface area contributed by atoms with E-state index in [4.69, 9.17) is 4.74 Å². The van der Waals surface area contributed by atoms with E-state index in [0.29, 0.717) is 18.5 Å². The molecule has 0 saturated carbocycles. The highest BCUT2D eigenvalue weighted by atomic mass is 16.5. The predicted molar refractivity (Wildman–Crippen MR) is 45.3 cm³/mol. The fourth-order valence-corrected chi connectivity index (χ4v) is 1.39. The van der Waals surface area contributed by atoms with E-state index in [-0.39, 0.29) is 0 Å². The first-order valence-electron chi connectivity index (χ1n) is 4.42. The van der Waals surface area contributed by atoms with E-state index < -0.39 is 0 Å². The number of nitrogens with one attached hydrogen (secondary N) is 1. The normalized spacial score (nSPS) is 22.1. The van der Waals surface area contributed by atoms with Gasteiger partial charge in [-0.3, -0.25) is 0 Å². The molecule has 0 aromatic carbocycles. The Labute approximate surface area is 76.3 Å². The molecule has 1 aromatic rings. The van der Waals surface area contributed by atoms with Crippen molar-refractivity contribution < 1.29 is 4.74 Å². The minimum atomic E-state index is 0.492. The summed E-state index contributed by atoms with van der Waals surface area (Å²) in [5.74, 6) is 0.594. The van der Waals surface area contributed by atoms with Gasteiger partial charge in [-0.25, -0.2) is 0 Å². The van der Waals surface area contributed by atoms with Crippen LogP contribution in [0.15, 0.2) is 0 Å². The van der Waals surface area contributed by atoms with E-state index in [1.807, 2.05) is 0 Å². The van der Waals surface area contributed by atoms with Gasteiger partial charge in [0.2, 0.25) is 0 Å². The summed E-state index contributed by atoms with van der Waals surface area (Å²) in [5.41, 5.74) is 0. The van der Waals surface area contributed by atoms with Crippen molar-refractivity contribution >= 4 is 0 Å². The monoisotopic (exact) mass is 183 g/mol. The lowest BCUT2D eigenvalue weighted by atomic mass is 10.1. The molecule has 1 fully saturated rings. The van der Waals surface area contributed by atoms with Crippen molar-refractivity contribution in [1.82, 2.24) is 25.5 Å². The first-order chi connectivity index (χ1) is 6.36. The zero-order valence-electron chi connectivity index (χ0n) is 7.60. The van der Waals surface area contributed by atoms with Gasteiger partial charge in [0.1, 0.15) is 0 Å². The average molecular weight is 183 g/mol. The maximum Gasteiger partial charge on any atom is 0.335 e. The summed E-state index contributed by atoms with van der Waals surface area (Å²) in [4.78, 5) is 0. The van der Waals surface area contributed by atoms with Gasteiger partial charge in [-0.1, -0.05) is 5.10 Å². The van der Waals surface area contributed by atoms with E-state index >= 15 is 0 Å². The number of rotatable bonds is 3. The van der Waals surface area contributed by atoms with E-state index in [0.717, 1.165) is 13.1 Å². The maximum absolute atomic E-state index is 5.45. The molecule has 72 valence electrons. The van der Waals surface area contributed by atoms with Gasteiger partial charge in [0.05, 0.1) is 6.61 Å². The van der Waals surface area contributed by atoms with Gasteiger partial charge >= 0.3 is 6.01 Å². The topological polar surface area (TPSA) is 64.9 Å². The standard InChI is InChI=1S/C7H13N5O/c1-12-7(9-10-11-12)13-5-6-2-3-8-4-6/h6,8H,2-5H2,1H3. The summed E-state index contributed by atoms with van der Waals surface area (Å²) in [7, 11) is 1.77. The first-order valence-corrected chi connectivity index (χ1v) is 4.42. The number of aryl methyl sites for hydroxylation is 1. The molecule has 0 aliphatic carbocycles. The average Bonchev–Trinajstić information content (AvgIpc) is 2.72. The molecule has 13 heavy (non-hydrogen) atoms. The SMILES string of the molecule is Cn1nnnc1OCC1CCNC1. The third-order valence-corrected chi connectivity index (χ3v) is 2.19. The summed E-state index contributed by atoms with van der Waals surface area (Å²) in [5, 5.41) is 14.2. The number of nitrogens with zero attached hydrogens (tertiary/aromatic N) is 4. The molecule has 1 aromatic heterocycles. The number of tetrazole rings is 1. The molecule has 1 unspecified atom stereocenters. The lowest BCUT2D eigenvalue weighted by molar-refractivity contribution is 0.231. The highest BCUT2D eigenvalue weighted by Gasteiger charge is 2.16. The second-order valence-electron chi connectivity index (χ2n) is 3.25. The number of ether oxygens (including phenoxy) is 1. The highest BCUT2D eigenvalue weighted by Crippen LogP contribution is 2.09. The fourth-order valence-electron chi connectivity index (χ4n) is 1.39. The zero-order valence-corrected chi connectivity index (χ0v) is 7.60. The van der Waals surface area contributed by atoms with Crippen LogP contribution in [0.5, 0.6) is 6.01 Å². The van der Waals surface area contributed by atoms with Crippen LogP contribution in [0.4, 0.5) is 0 Å². The van der Waals surface area contributed by atoms with Crippen molar-refractivity contribution in [1.29, 1.82) is 0 Å². The minimum Gasteiger partial charge on any atom is -0.462 e. The lowest BCUT2D eigenvalue weighted by Gasteiger charge is -2.08. The molecule has 6 heteroatoms. The van der Waals surface area contributed by atoms with E-state index in [9.17, 15) is 0 Å². The quantitative estimate of drug-likeness (QED) is 0.664. The van der Waals surface area contributed by atoms with Gasteiger partial charge < -0.3 is 10.1 Å². The van der Waals surface area contributed by atoms with Crippen molar-refractivity contribution in [2.45, 2.75) is 6.42 Å². The Bertz CT molecular complexity index is 268. The van der Waals surface area contributed by atoms with Crippen LogP contribution in [0.25, 0.3) is 0 Å².